The topological polar surface area (TPSA) is 22.1 Å². The second-order valence-electron chi connectivity index (χ2n) is 4.77. The van der Waals surface area contributed by atoms with Crippen molar-refractivity contribution in [1.82, 2.24) is 4.37 Å². The van der Waals surface area contributed by atoms with Gasteiger partial charge in [-0.15, -0.1) is 0 Å². The molecular weight excluding hydrogens is 266 g/mol. The van der Waals surface area contributed by atoms with Crippen LogP contribution in [0.4, 0.5) is 0 Å². The number of benzene rings is 2. The van der Waals surface area contributed by atoms with Gasteiger partial charge in [-0.3, -0.25) is 0 Å². The zero-order chi connectivity index (χ0) is 13.9. The fraction of sp³-hybridized carbons (Fsp3) is 0.118. The minimum Gasteiger partial charge on any atom is -0.445 e. The first-order valence-electron chi connectivity index (χ1n) is 6.49. The lowest BCUT2D eigenvalue weighted by Gasteiger charge is -2.06. The van der Waals surface area contributed by atoms with Crippen LogP contribution in [0.5, 0.6) is 10.8 Å². The fourth-order valence-electron chi connectivity index (χ4n) is 1.98. The van der Waals surface area contributed by atoms with Gasteiger partial charge >= 0.3 is 0 Å². The Kier molecular flexibility index (Phi) is 3.52. The predicted molar refractivity (Wildman–Crippen MR) is 83.5 cm³/mol. The van der Waals surface area contributed by atoms with E-state index in [1.54, 1.807) is 0 Å². The molecule has 0 amide bonds. The summed E-state index contributed by atoms with van der Waals surface area (Å²) < 4.78 is 10.4. The first kappa shape index (κ1) is 12.9. The molecule has 0 aliphatic carbocycles. The van der Waals surface area contributed by atoms with Gasteiger partial charge in [0.1, 0.15) is 5.75 Å². The summed E-state index contributed by atoms with van der Waals surface area (Å²) in [7, 11) is 0. The summed E-state index contributed by atoms with van der Waals surface area (Å²) in [4.78, 5) is 0. The molecule has 20 heavy (non-hydrogen) atoms. The maximum Gasteiger partial charge on any atom is 0.200 e. The monoisotopic (exact) mass is 281 g/mol. The van der Waals surface area contributed by atoms with Crippen molar-refractivity contribution in [2.45, 2.75) is 13.8 Å². The highest BCUT2D eigenvalue weighted by molar-refractivity contribution is 7.08. The minimum absolute atomic E-state index is 0.817. The van der Waals surface area contributed by atoms with E-state index >= 15 is 0 Å². The Morgan fingerprint density at radius 3 is 2.55 bits per heavy atom. The Hall–Kier alpha value is -2.13. The zero-order valence-electron chi connectivity index (χ0n) is 11.5. The number of ether oxygens (including phenoxy) is 1. The molecule has 0 unspecified atom stereocenters. The Morgan fingerprint density at radius 2 is 1.75 bits per heavy atom. The van der Waals surface area contributed by atoms with Crippen LogP contribution in [0.2, 0.25) is 0 Å². The lowest BCUT2D eigenvalue weighted by atomic mass is 10.1. The molecule has 100 valence electrons. The van der Waals surface area contributed by atoms with Crippen molar-refractivity contribution in [2.75, 3.05) is 0 Å². The van der Waals surface area contributed by atoms with Gasteiger partial charge in [-0.2, -0.15) is 4.37 Å². The minimum atomic E-state index is 0.817. The van der Waals surface area contributed by atoms with Crippen LogP contribution in [0.15, 0.2) is 54.6 Å². The first-order valence-corrected chi connectivity index (χ1v) is 7.27. The van der Waals surface area contributed by atoms with Crippen LogP contribution in [0.1, 0.15) is 11.1 Å². The number of hydrogen-bond donors (Lipinski definition) is 0. The molecule has 3 aromatic rings. The normalized spacial score (nSPS) is 10.5. The molecule has 3 rings (SSSR count). The fourth-order valence-corrected chi connectivity index (χ4v) is 2.61. The second-order valence-corrected chi connectivity index (χ2v) is 5.54. The summed E-state index contributed by atoms with van der Waals surface area (Å²) in [6, 6.07) is 18.3. The van der Waals surface area contributed by atoms with Gasteiger partial charge in [0.25, 0.3) is 0 Å². The summed E-state index contributed by atoms with van der Waals surface area (Å²) in [5, 5.41) is 0.817. The largest absolute Gasteiger partial charge is 0.445 e. The Bertz CT molecular complexity index is 719. The van der Waals surface area contributed by atoms with E-state index in [2.05, 4.69) is 41.6 Å². The van der Waals surface area contributed by atoms with Gasteiger partial charge in [0.05, 0.1) is 5.69 Å². The average molecular weight is 281 g/mol. The number of nitrogens with zero attached hydrogens (tertiary/aromatic N) is 1. The molecule has 0 bridgehead atoms. The van der Waals surface area contributed by atoms with E-state index in [-0.39, 0.29) is 0 Å². The van der Waals surface area contributed by atoms with Gasteiger partial charge in [0.2, 0.25) is 5.06 Å². The van der Waals surface area contributed by atoms with Gasteiger partial charge in [0, 0.05) is 23.2 Å². The molecule has 1 heterocycles. The summed E-state index contributed by atoms with van der Waals surface area (Å²) >= 11 is 1.38. The van der Waals surface area contributed by atoms with E-state index in [1.807, 2.05) is 31.2 Å². The van der Waals surface area contributed by atoms with Crippen molar-refractivity contribution in [1.29, 1.82) is 0 Å². The maximum absolute atomic E-state index is 5.95. The predicted octanol–water partition coefficient (Wildman–Crippen LogP) is 5.22. The van der Waals surface area contributed by atoms with Crippen molar-refractivity contribution in [3.63, 3.8) is 0 Å². The molecule has 1 aromatic heterocycles. The van der Waals surface area contributed by atoms with E-state index in [9.17, 15) is 0 Å². The number of hydrogen-bond acceptors (Lipinski definition) is 3. The number of rotatable bonds is 3. The van der Waals surface area contributed by atoms with E-state index in [0.29, 0.717) is 0 Å². The third-order valence-corrected chi connectivity index (χ3v) is 3.78. The van der Waals surface area contributed by atoms with E-state index < -0.39 is 0 Å². The third kappa shape index (κ3) is 2.73. The molecule has 0 atom stereocenters. The van der Waals surface area contributed by atoms with Crippen molar-refractivity contribution >= 4 is 11.5 Å². The smallest absolute Gasteiger partial charge is 0.200 e. The van der Waals surface area contributed by atoms with Gasteiger partial charge in [0.15, 0.2) is 0 Å². The van der Waals surface area contributed by atoms with E-state index in [1.165, 1.54) is 17.1 Å². The molecule has 3 heteroatoms. The molecule has 0 saturated heterocycles. The summed E-state index contributed by atoms with van der Waals surface area (Å²) in [5.74, 6) is 0.897. The maximum atomic E-state index is 5.95. The highest BCUT2D eigenvalue weighted by Gasteiger charge is 2.07. The first-order chi connectivity index (χ1) is 9.72. The molecule has 0 aliphatic heterocycles. The Morgan fingerprint density at radius 1 is 0.950 bits per heavy atom. The molecule has 0 spiro atoms. The van der Waals surface area contributed by atoms with Crippen LogP contribution in [0.3, 0.4) is 0 Å². The van der Waals surface area contributed by atoms with Gasteiger partial charge in [-0.1, -0.05) is 42.5 Å². The Labute approximate surface area is 122 Å². The second kappa shape index (κ2) is 5.47. The number of aromatic nitrogens is 1. The van der Waals surface area contributed by atoms with Gasteiger partial charge in [-0.25, -0.2) is 0 Å². The highest BCUT2D eigenvalue weighted by Crippen LogP contribution is 2.32. The quantitative estimate of drug-likeness (QED) is 0.656. The van der Waals surface area contributed by atoms with Crippen molar-refractivity contribution in [3.05, 3.63) is 65.7 Å². The molecule has 0 radical (unpaired) electrons. The molecule has 2 aromatic carbocycles. The SMILES string of the molecule is Cc1ccc(C)c(Oc2cc(-c3ccccc3)ns2)c1. The third-order valence-electron chi connectivity index (χ3n) is 3.11. The summed E-state index contributed by atoms with van der Waals surface area (Å²) in [6.07, 6.45) is 0. The van der Waals surface area contributed by atoms with E-state index in [4.69, 9.17) is 4.74 Å². The van der Waals surface area contributed by atoms with E-state index in [0.717, 1.165) is 27.6 Å². The summed E-state index contributed by atoms with van der Waals surface area (Å²) in [5.41, 5.74) is 4.39. The van der Waals surface area contributed by atoms with Gasteiger partial charge in [-0.05, 0) is 31.0 Å². The lowest BCUT2D eigenvalue weighted by Crippen LogP contribution is -1.86. The number of aryl methyl sites for hydroxylation is 2. The zero-order valence-corrected chi connectivity index (χ0v) is 12.3. The lowest BCUT2D eigenvalue weighted by molar-refractivity contribution is 0.492. The van der Waals surface area contributed by atoms with Crippen molar-refractivity contribution in [2.24, 2.45) is 0 Å². The van der Waals surface area contributed by atoms with Crippen LogP contribution in [-0.2, 0) is 0 Å². The summed E-state index contributed by atoms with van der Waals surface area (Å²) in [6.45, 7) is 4.11. The van der Waals surface area contributed by atoms with Gasteiger partial charge < -0.3 is 4.74 Å². The van der Waals surface area contributed by atoms with Crippen LogP contribution < -0.4 is 4.74 Å². The average Bonchev–Trinajstić information content (AvgIpc) is 2.92. The Balaban J connectivity index is 1.86. The standard InChI is InChI=1S/C17H15NOS/c1-12-8-9-13(2)16(10-12)19-17-11-15(18-20-17)14-6-4-3-5-7-14/h3-11H,1-2H3. The van der Waals surface area contributed by atoms with Crippen LogP contribution in [-0.4, -0.2) is 4.37 Å². The molecule has 2 nitrogen and oxygen atoms in total. The van der Waals surface area contributed by atoms with Crippen LogP contribution >= 0.6 is 11.5 Å². The van der Waals surface area contributed by atoms with Crippen LogP contribution in [0, 0.1) is 13.8 Å². The van der Waals surface area contributed by atoms with Crippen molar-refractivity contribution in [3.8, 4) is 22.1 Å². The molecule has 0 fully saturated rings. The van der Waals surface area contributed by atoms with Crippen molar-refractivity contribution < 1.29 is 4.74 Å². The molecule has 0 aliphatic rings. The highest BCUT2D eigenvalue weighted by atomic mass is 32.1. The van der Waals surface area contributed by atoms with Crippen LogP contribution in [0.25, 0.3) is 11.3 Å². The molecule has 0 saturated carbocycles. The molecule has 0 N–H and O–H groups in total. The molecular formula is C17H15NOS.